The van der Waals surface area contributed by atoms with E-state index in [2.05, 4.69) is 32.5 Å². The van der Waals surface area contributed by atoms with Crippen LogP contribution in [0.25, 0.3) is 11.4 Å². The van der Waals surface area contributed by atoms with Crippen molar-refractivity contribution in [2.45, 2.75) is 12.8 Å². The van der Waals surface area contributed by atoms with Crippen molar-refractivity contribution in [3.63, 3.8) is 0 Å². The smallest absolute Gasteiger partial charge is 0.230 e. The first-order valence-electron chi connectivity index (χ1n) is 5.17. The van der Waals surface area contributed by atoms with Crippen LogP contribution in [0.5, 0.6) is 0 Å². The molecule has 17 heavy (non-hydrogen) atoms. The van der Waals surface area contributed by atoms with Crippen molar-refractivity contribution in [3.05, 3.63) is 36.4 Å². The van der Waals surface area contributed by atoms with Gasteiger partial charge in [-0.25, -0.2) is 4.98 Å². The van der Waals surface area contributed by atoms with Crippen LogP contribution in [0.2, 0.25) is 0 Å². The Kier molecular flexibility index (Phi) is 3.77. The van der Waals surface area contributed by atoms with Crippen molar-refractivity contribution in [1.29, 1.82) is 0 Å². The lowest BCUT2D eigenvalue weighted by atomic mass is 10.2. The molecule has 0 aliphatic carbocycles. The fourth-order valence-corrected chi connectivity index (χ4v) is 1.56. The van der Waals surface area contributed by atoms with E-state index in [1.165, 1.54) is 0 Å². The summed E-state index contributed by atoms with van der Waals surface area (Å²) in [6.07, 6.45) is 6.17. The highest BCUT2D eigenvalue weighted by atomic mass is 32.1. The first kappa shape index (κ1) is 11.7. The minimum absolute atomic E-state index is 0.103. The lowest BCUT2D eigenvalue weighted by Gasteiger charge is -1.97. The van der Waals surface area contributed by atoms with E-state index in [0.717, 1.165) is 17.1 Å². The first-order valence-corrected chi connectivity index (χ1v) is 5.61. The number of hydrogen-bond acceptors (Lipinski definition) is 4. The molecule has 0 aromatic carbocycles. The summed E-state index contributed by atoms with van der Waals surface area (Å²) < 4.78 is 2.29. The van der Waals surface area contributed by atoms with Crippen LogP contribution in [-0.2, 0) is 11.2 Å². The average Bonchev–Trinajstić information content (AvgIpc) is 2.86. The standard InChI is InChI=1S/C11H12N4OS/c16-10(15-17)2-1-9-7-13-11(14-9)8-3-5-12-6-4-8/h3-7,17H,1-2H2,(H,13,14)(H,15,16). The molecule has 2 N–H and O–H groups in total. The summed E-state index contributed by atoms with van der Waals surface area (Å²) in [6.45, 7) is 0. The summed E-state index contributed by atoms with van der Waals surface area (Å²) in [5.74, 6) is 0.682. The Labute approximate surface area is 104 Å². The van der Waals surface area contributed by atoms with Crippen LogP contribution in [0.1, 0.15) is 12.1 Å². The summed E-state index contributed by atoms with van der Waals surface area (Å²) >= 11 is 3.69. The molecule has 88 valence electrons. The highest BCUT2D eigenvalue weighted by Gasteiger charge is 2.05. The molecule has 0 radical (unpaired) electrons. The van der Waals surface area contributed by atoms with Crippen molar-refractivity contribution in [1.82, 2.24) is 19.7 Å². The normalized spacial score (nSPS) is 10.2. The van der Waals surface area contributed by atoms with Gasteiger partial charge >= 0.3 is 0 Å². The molecule has 5 nitrogen and oxygen atoms in total. The molecule has 0 saturated heterocycles. The third-order valence-electron chi connectivity index (χ3n) is 2.33. The summed E-state index contributed by atoms with van der Waals surface area (Å²) in [4.78, 5) is 22.4. The zero-order valence-electron chi connectivity index (χ0n) is 9.05. The van der Waals surface area contributed by atoms with Crippen LogP contribution in [0, 0.1) is 0 Å². The zero-order chi connectivity index (χ0) is 12.1. The quantitative estimate of drug-likeness (QED) is 0.716. The van der Waals surface area contributed by atoms with Crippen LogP contribution >= 0.6 is 12.8 Å². The minimum Gasteiger partial charge on any atom is -0.342 e. The number of aromatic amines is 1. The van der Waals surface area contributed by atoms with Crippen LogP contribution in [0.15, 0.2) is 30.7 Å². The predicted octanol–water partition coefficient (Wildman–Crippen LogP) is 1.37. The number of amides is 1. The van der Waals surface area contributed by atoms with Crippen molar-refractivity contribution in [2.24, 2.45) is 0 Å². The fraction of sp³-hybridized carbons (Fsp3) is 0.182. The molecule has 0 aliphatic rings. The van der Waals surface area contributed by atoms with Crippen LogP contribution < -0.4 is 4.72 Å². The number of nitrogens with zero attached hydrogens (tertiary/aromatic N) is 2. The number of H-pyrrole nitrogens is 1. The summed E-state index contributed by atoms with van der Waals surface area (Å²) in [5.41, 5.74) is 1.90. The van der Waals surface area contributed by atoms with Gasteiger partial charge in [0, 0.05) is 36.3 Å². The van der Waals surface area contributed by atoms with Gasteiger partial charge in [0.1, 0.15) is 5.82 Å². The number of imidazole rings is 1. The Hall–Kier alpha value is -1.82. The third-order valence-corrected chi connectivity index (χ3v) is 2.58. The van der Waals surface area contributed by atoms with E-state index in [-0.39, 0.29) is 5.91 Å². The van der Waals surface area contributed by atoms with E-state index in [0.29, 0.717) is 12.8 Å². The molecule has 0 bridgehead atoms. The average molecular weight is 248 g/mol. The van der Waals surface area contributed by atoms with Crippen molar-refractivity contribution in [2.75, 3.05) is 0 Å². The molecular weight excluding hydrogens is 236 g/mol. The van der Waals surface area contributed by atoms with Gasteiger partial charge < -0.3 is 9.71 Å². The Balaban J connectivity index is 2.04. The second-order valence-corrected chi connectivity index (χ2v) is 3.75. The Morgan fingerprint density at radius 3 is 2.88 bits per heavy atom. The number of aryl methyl sites for hydroxylation is 1. The van der Waals surface area contributed by atoms with Crippen molar-refractivity contribution >= 4 is 18.7 Å². The zero-order valence-corrected chi connectivity index (χ0v) is 9.95. The Morgan fingerprint density at radius 2 is 2.18 bits per heavy atom. The highest BCUT2D eigenvalue weighted by Crippen LogP contribution is 2.14. The molecular formula is C11H12N4OS. The lowest BCUT2D eigenvalue weighted by Crippen LogP contribution is -2.12. The molecule has 0 atom stereocenters. The maximum absolute atomic E-state index is 11.0. The van der Waals surface area contributed by atoms with Crippen molar-refractivity contribution in [3.8, 4) is 11.4 Å². The summed E-state index contributed by atoms with van der Waals surface area (Å²) in [7, 11) is 0. The third kappa shape index (κ3) is 3.07. The molecule has 0 aliphatic heterocycles. The number of aromatic nitrogens is 3. The topological polar surface area (TPSA) is 70.7 Å². The van der Waals surface area contributed by atoms with Crippen molar-refractivity contribution < 1.29 is 4.79 Å². The monoisotopic (exact) mass is 248 g/mol. The van der Waals surface area contributed by atoms with E-state index in [1.54, 1.807) is 18.6 Å². The number of thiol groups is 1. The van der Waals surface area contributed by atoms with Gasteiger partial charge in [-0.3, -0.25) is 9.78 Å². The van der Waals surface area contributed by atoms with Gasteiger partial charge in [-0.1, -0.05) is 12.8 Å². The van der Waals surface area contributed by atoms with E-state index in [1.807, 2.05) is 12.1 Å². The van der Waals surface area contributed by atoms with Crippen LogP contribution in [0.3, 0.4) is 0 Å². The van der Waals surface area contributed by atoms with E-state index >= 15 is 0 Å². The predicted molar refractivity (Wildman–Crippen MR) is 67.3 cm³/mol. The number of carbonyl (C=O) groups is 1. The number of nitrogens with one attached hydrogen (secondary N) is 2. The highest BCUT2D eigenvalue weighted by molar-refractivity contribution is 7.78. The molecule has 0 saturated carbocycles. The van der Waals surface area contributed by atoms with Gasteiger partial charge in [0.25, 0.3) is 0 Å². The first-order chi connectivity index (χ1) is 8.29. The Morgan fingerprint density at radius 1 is 1.41 bits per heavy atom. The maximum atomic E-state index is 11.0. The van der Waals surface area contributed by atoms with Crippen LogP contribution in [-0.4, -0.2) is 20.9 Å². The number of carbonyl (C=O) groups excluding carboxylic acids is 1. The number of hydrogen-bond donors (Lipinski definition) is 3. The molecule has 6 heteroatoms. The largest absolute Gasteiger partial charge is 0.342 e. The Bertz CT molecular complexity index is 497. The molecule has 0 spiro atoms. The second-order valence-electron chi connectivity index (χ2n) is 3.53. The summed E-state index contributed by atoms with van der Waals surface area (Å²) in [5, 5.41) is 0. The maximum Gasteiger partial charge on any atom is 0.230 e. The van der Waals surface area contributed by atoms with E-state index < -0.39 is 0 Å². The van der Waals surface area contributed by atoms with E-state index in [9.17, 15) is 4.79 Å². The molecule has 2 heterocycles. The molecule has 2 aromatic rings. The lowest BCUT2D eigenvalue weighted by molar-refractivity contribution is -0.119. The van der Waals surface area contributed by atoms with Gasteiger partial charge in [0.15, 0.2) is 0 Å². The van der Waals surface area contributed by atoms with E-state index in [4.69, 9.17) is 0 Å². The molecule has 2 aromatic heterocycles. The molecule has 0 unspecified atom stereocenters. The number of pyridine rings is 1. The summed E-state index contributed by atoms with van der Waals surface area (Å²) in [6, 6.07) is 3.76. The molecule has 0 fully saturated rings. The second kappa shape index (κ2) is 5.49. The van der Waals surface area contributed by atoms with Gasteiger partial charge in [0.05, 0.1) is 0 Å². The van der Waals surface area contributed by atoms with Gasteiger partial charge in [-0.15, -0.1) is 0 Å². The van der Waals surface area contributed by atoms with Gasteiger partial charge in [-0.2, -0.15) is 0 Å². The van der Waals surface area contributed by atoms with Gasteiger partial charge in [-0.05, 0) is 18.6 Å². The minimum atomic E-state index is -0.103. The van der Waals surface area contributed by atoms with Crippen LogP contribution in [0.4, 0.5) is 0 Å². The molecule has 2 rings (SSSR count). The fourth-order valence-electron chi connectivity index (χ4n) is 1.45. The molecule has 1 amide bonds. The SMILES string of the molecule is O=C(CCc1cnc(-c2ccncc2)[nH]1)NS. The van der Waals surface area contributed by atoms with Gasteiger partial charge in [0.2, 0.25) is 5.91 Å². The number of rotatable bonds is 4.